The SMILES string of the molecule is COC(=O)CCC(Cl)C(=S)OC. The minimum absolute atomic E-state index is 0.258. The van der Waals surface area contributed by atoms with Gasteiger partial charge in [0.05, 0.1) is 14.2 Å². The van der Waals surface area contributed by atoms with Crippen molar-refractivity contribution in [3.63, 3.8) is 0 Å². The molecule has 0 bridgehead atoms. The quantitative estimate of drug-likeness (QED) is 0.401. The maximum Gasteiger partial charge on any atom is 0.305 e. The second-order valence-corrected chi connectivity index (χ2v) is 3.03. The third-order valence-electron chi connectivity index (χ3n) is 1.29. The molecule has 0 spiro atoms. The Bertz CT molecular complexity index is 172. The number of halogens is 1. The van der Waals surface area contributed by atoms with Gasteiger partial charge in [0.2, 0.25) is 0 Å². The van der Waals surface area contributed by atoms with E-state index in [1.54, 1.807) is 0 Å². The van der Waals surface area contributed by atoms with Gasteiger partial charge in [-0.3, -0.25) is 4.79 Å². The van der Waals surface area contributed by atoms with Crippen LogP contribution < -0.4 is 0 Å². The van der Waals surface area contributed by atoms with Crippen LogP contribution in [0.4, 0.5) is 0 Å². The number of carbonyl (C=O) groups excluding carboxylic acids is 1. The molecule has 0 aromatic rings. The predicted octanol–water partition coefficient (Wildman–Crippen LogP) is 1.52. The molecule has 0 saturated heterocycles. The molecule has 0 saturated carbocycles. The number of rotatable bonds is 4. The fourth-order valence-electron chi connectivity index (χ4n) is 0.592. The van der Waals surface area contributed by atoms with E-state index in [-0.39, 0.29) is 12.4 Å². The number of esters is 1. The second-order valence-electron chi connectivity index (χ2n) is 2.11. The first-order valence-corrected chi connectivity index (χ1v) is 4.25. The maximum absolute atomic E-state index is 10.7. The summed E-state index contributed by atoms with van der Waals surface area (Å²) < 4.78 is 9.16. The number of methoxy groups -OCH3 is 2. The average molecular weight is 211 g/mol. The van der Waals surface area contributed by atoms with Crippen LogP contribution in [0.1, 0.15) is 12.8 Å². The minimum Gasteiger partial charge on any atom is -0.489 e. The van der Waals surface area contributed by atoms with Gasteiger partial charge in [0.1, 0.15) is 5.38 Å². The summed E-state index contributed by atoms with van der Waals surface area (Å²) >= 11 is 10.5. The summed E-state index contributed by atoms with van der Waals surface area (Å²) in [5.41, 5.74) is 0. The first-order chi connectivity index (χ1) is 5.61. The summed E-state index contributed by atoms with van der Waals surface area (Å²) in [6.07, 6.45) is 0.703. The molecule has 0 aliphatic carbocycles. The second kappa shape index (κ2) is 6.20. The molecule has 0 amide bonds. The number of carbonyl (C=O) groups is 1. The Balaban J connectivity index is 3.63. The Morgan fingerprint density at radius 2 is 2.08 bits per heavy atom. The van der Waals surface area contributed by atoms with E-state index in [1.807, 2.05) is 0 Å². The van der Waals surface area contributed by atoms with E-state index in [4.69, 9.17) is 28.6 Å². The molecule has 12 heavy (non-hydrogen) atoms. The van der Waals surface area contributed by atoms with Crippen molar-refractivity contribution in [2.45, 2.75) is 18.2 Å². The molecule has 1 atom stereocenters. The summed E-state index contributed by atoms with van der Waals surface area (Å²) in [5, 5.41) is -0.0929. The summed E-state index contributed by atoms with van der Waals surface area (Å²) in [7, 11) is 2.79. The van der Waals surface area contributed by atoms with Crippen LogP contribution in [0.15, 0.2) is 0 Å². The van der Waals surface area contributed by atoms with Crippen LogP contribution in [0.2, 0.25) is 0 Å². The summed E-state index contributed by atoms with van der Waals surface area (Å²) in [5.74, 6) is -0.292. The molecule has 0 N–H and O–H groups in total. The monoisotopic (exact) mass is 210 g/mol. The molecule has 0 fully saturated rings. The lowest BCUT2D eigenvalue weighted by Gasteiger charge is -2.07. The van der Waals surface area contributed by atoms with Crippen molar-refractivity contribution in [2.24, 2.45) is 0 Å². The third-order valence-corrected chi connectivity index (χ3v) is 2.28. The van der Waals surface area contributed by atoms with Gasteiger partial charge >= 0.3 is 5.97 Å². The molecule has 70 valence electrons. The normalized spacial score (nSPS) is 11.9. The Labute approximate surface area is 82.0 Å². The smallest absolute Gasteiger partial charge is 0.305 e. The molecule has 0 aliphatic rings. The first kappa shape index (κ1) is 11.6. The molecular weight excluding hydrogens is 200 g/mol. The van der Waals surface area contributed by atoms with E-state index in [9.17, 15) is 4.79 Å². The molecule has 3 nitrogen and oxygen atoms in total. The minimum atomic E-state index is -0.399. The molecule has 0 rings (SSSR count). The van der Waals surface area contributed by atoms with Crippen molar-refractivity contribution < 1.29 is 14.3 Å². The first-order valence-electron chi connectivity index (χ1n) is 3.40. The van der Waals surface area contributed by atoms with Crippen molar-refractivity contribution in [1.29, 1.82) is 0 Å². The number of hydrogen-bond acceptors (Lipinski definition) is 4. The molecular formula is C7H11ClO3S. The fourth-order valence-corrected chi connectivity index (χ4v) is 0.908. The van der Waals surface area contributed by atoms with Gasteiger partial charge in [-0.15, -0.1) is 11.6 Å². The van der Waals surface area contributed by atoms with E-state index in [0.29, 0.717) is 11.5 Å². The molecule has 0 radical (unpaired) electrons. The van der Waals surface area contributed by atoms with Crippen LogP contribution in [0, 0.1) is 0 Å². The van der Waals surface area contributed by atoms with Crippen LogP contribution in [-0.4, -0.2) is 30.6 Å². The molecule has 0 aromatic heterocycles. The Morgan fingerprint density at radius 3 is 2.50 bits per heavy atom. The zero-order chi connectivity index (χ0) is 9.56. The fraction of sp³-hybridized carbons (Fsp3) is 0.714. The van der Waals surface area contributed by atoms with E-state index in [2.05, 4.69) is 4.74 Å². The Hall–Kier alpha value is -0.350. The number of alkyl halides is 1. The van der Waals surface area contributed by atoms with Crippen LogP contribution in [0.25, 0.3) is 0 Å². The average Bonchev–Trinajstić information content (AvgIpc) is 2.11. The number of hydrogen-bond donors (Lipinski definition) is 0. The van der Waals surface area contributed by atoms with Gasteiger partial charge in [0.25, 0.3) is 0 Å². The lowest BCUT2D eigenvalue weighted by Crippen LogP contribution is -2.15. The zero-order valence-corrected chi connectivity index (χ0v) is 8.57. The lowest BCUT2D eigenvalue weighted by atomic mass is 10.2. The van der Waals surface area contributed by atoms with Gasteiger partial charge in [-0.1, -0.05) is 0 Å². The van der Waals surface area contributed by atoms with Crippen molar-refractivity contribution in [3.05, 3.63) is 0 Å². The standard InChI is InChI=1S/C7H11ClO3S/c1-10-6(9)4-3-5(8)7(12)11-2/h5H,3-4H2,1-2H3. The topological polar surface area (TPSA) is 35.5 Å². The van der Waals surface area contributed by atoms with Gasteiger partial charge in [-0.25, -0.2) is 0 Å². The largest absolute Gasteiger partial charge is 0.489 e. The molecule has 1 unspecified atom stereocenters. The lowest BCUT2D eigenvalue weighted by molar-refractivity contribution is -0.140. The highest BCUT2D eigenvalue weighted by atomic mass is 35.5. The van der Waals surface area contributed by atoms with Crippen LogP contribution in [0.5, 0.6) is 0 Å². The van der Waals surface area contributed by atoms with Crippen molar-refractivity contribution >= 4 is 34.8 Å². The number of thiocarbonyl (C=S) groups is 1. The van der Waals surface area contributed by atoms with E-state index in [0.717, 1.165) is 0 Å². The molecule has 0 aromatic carbocycles. The molecule has 0 aliphatic heterocycles. The van der Waals surface area contributed by atoms with Crippen molar-refractivity contribution in [2.75, 3.05) is 14.2 Å². The summed E-state index contributed by atoms with van der Waals surface area (Å²) in [6.45, 7) is 0. The maximum atomic E-state index is 10.7. The van der Waals surface area contributed by atoms with Gasteiger partial charge < -0.3 is 9.47 Å². The van der Waals surface area contributed by atoms with E-state index in [1.165, 1.54) is 14.2 Å². The van der Waals surface area contributed by atoms with Gasteiger partial charge in [0, 0.05) is 6.42 Å². The van der Waals surface area contributed by atoms with E-state index >= 15 is 0 Å². The molecule has 5 heteroatoms. The Morgan fingerprint density at radius 1 is 1.50 bits per heavy atom. The summed E-state index contributed by atoms with van der Waals surface area (Å²) in [6, 6.07) is 0. The predicted molar refractivity (Wildman–Crippen MR) is 50.5 cm³/mol. The van der Waals surface area contributed by atoms with Gasteiger partial charge in [-0.2, -0.15) is 0 Å². The third kappa shape index (κ3) is 4.51. The van der Waals surface area contributed by atoms with E-state index < -0.39 is 5.38 Å². The van der Waals surface area contributed by atoms with Crippen LogP contribution in [0.3, 0.4) is 0 Å². The Kier molecular flexibility index (Phi) is 6.02. The highest BCUT2D eigenvalue weighted by Crippen LogP contribution is 2.09. The highest BCUT2D eigenvalue weighted by molar-refractivity contribution is 7.80. The summed E-state index contributed by atoms with van der Waals surface area (Å²) in [4.78, 5) is 10.7. The van der Waals surface area contributed by atoms with Crippen molar-refractivity contribution in [1.82, 2.24) is 0 Å². The van der Waals surface area contributed by atoms with Crippen LogP contribution in [-0.2, 0) is 14.3 Å². The van der Waals surface area contributed by atoms with Crippen LogP contribution >= 0.6 is 23.8 Å². The van der Waals surface area contributed by atoms with Gasteiger partial charge in [-0.05, 0) is 18.6 Å². The number of ether oxygens (including phenoxy) is 2. The molecule has 0 heterocycles. The van der Waals surface area contributed by atoms with Gasteiger partial charge in [0.15, 0.2) is 5.05 Å². The van der Waals surface area contributed by atoms with Crippen molar-refractivity contribution in [3.8, 4) is 0 Å². The zero-order valence-electron chi connectivity index (χ0n) is 7.00. The highest BCUT2D eigenvalue weighted by Gasteiger charge is 2.13.